The number of ether oxygens (including phenoxy) is 1. The number of hydrogen-bond donors (Lipinski definition) is 0. The van der Waals surface area contributed by atoms with E-state index < -0.39 is 71.3 Å². The van der Waals surface area contributed by atoms with Gasteiger partial charge in [0.2, 0.25) is 0 Å². The molecule has 33 heavy (non-hydrogen) atoms. The first-order valence-corrected chi connectivity index (χ1v) is 7.76. The minimum Gasteiger partial charge on any atom is -0.462 e. The molecule has 196 valence electrons. The number of allylic oxidation sites excluding steroid dienone is 1. The van der Waals surface area contributed by atoms with Crippen molar-refractivity contribution in [2.75, 3.05) is 6.61 Å². The van der Waals surface area contributed by atoms with E-state index in [2.05, 4.69) is 16.3 Å². The molecule has 0 aromatic heterocycles. The average Bonchev–Trinajstić information content (AvgIpc) is 2.59. The summed E-state index contributed by atoms with van der Waals surface area (Å²) in [5, 5.41) is -2.25. The Balaban J connectivity index is 6.77. The maximum atomic E-state index is 13.5. The molecule has 0 saturated heterocycles. The highest BCUT2D eigenvalue weighted by Gasteiger charge is 2.95. The fraction of sp³-hybridized carbons (Fsp3) is 0.769. The molecule has 0 rings (SSSR count). The number of alkyl halides is 17. The van der Waals surface area contributed by atoms with Crippen LogP contribution >= 0.6 is 11.6 Å². The van der Waals surface area contributed by atoms with Crippen LogP contribution in [-0.4, -0.2) is 60.2 Å². The molecule has 0 fully saturated rings. The summed E-state index contributed by atoms with van der Waals surface area (Å²) in [6, 6.07) is 0. The zero-order chi connectivity index (χ0) is 27.3. The zero-order valence-electron chi connectivity index (χ0n) is 14.9. The normalized spacial score (nSPS) is 16.2. The van der Waals surface area contributed by atoms with E-state index in [-0.39, 0.29) is 0 Å². The summed E-state index contributed by atoms with van der Waals surface area (Å²) in [6.45, 7) is 0.219. The highest BCUT2D eigenvalue weighted by molar-refractivity contribution is 6.41. The van der Waals surface area contributed by atoms with Gasteiger partial charge in [-0.15, -0.1) is 0 Å². The largest absolute Gasteiger partial charge is 0.462 e. The monoisotopic (exact) mass is 552 g/mol. The summed E-state index contributed by atoms with van der Waals surface area (Å²) < 4.78 is 225. The second-order valence-electron chi connectivity index (χ2n) is 5.78. The predicted octanol–water partition coefficient (Wildman–Crippen LogP) is 6.68. The smallest absolute Gasteiger partial charge is 0.460 e. The number of carbonyl (C=O) groups is 1. The van der Waals surface area contributed by atoms with Crippen LogP contribution in [0.4, 0.5) is 74.6 Å². The minimum absolute atomic E-state index is 0.728. The molecule has 0 unspecified atom stereocenters. The maximum absolute atomic E-state index is 13.5. The lowest BCUT2D eigenvalue weighted by Gasteiger charge is -2.42. The summed E-state index contributed by atoms with van der Waals surface area (Å²) in [6.07, 6.45) is -9.58. The van der Waals surface area contributed by atoms with Crippen molar-refractivity contribution in [1.82, 2.24) is 0 Å². The third kappa shape index (κ3) is 4.52. The molecule has 0 heterocycles. The Labute approximate surface area is 175 Å². The van der Waals surface area contributed by atoms with Crippen molar-refractivity contribution in [2.45, 2.75) is 54.6 Å². The molecule has 20 heteroatoms. The Morgan fingerprint density at radius 1 is 0.636 bits per heavy atom. The lowest BCUT2D eigenvalue weighted by atomic mass is 9.89. The van der Waals surface area contributed by atoms with E-state index in [9.17, 15) is 79.4 Å². The number of rotatable bonds is 9. The fourth-order valence-corrected chi connectivity index (χ4v) is 1.88. The lowest BCUT2D eigenvalue weighted by Crippen LogP contribution is -2.74. The average molecular weight is 553 g/mol. The molecular formula is C13H6ClF17O2. The van der Waals surface area contributed by atoms with Gasteiger partial charge in [0.1, 0.15) is 5.03 Å². The summed E-state index contributed by atoms with van der Waals surface area (Å²) in [5.41, 5.74) is 0. The third-order valence-electron chi connectivity index (χ3n) is 3.52. The molecular weight excluding hydrogens is 547 g/mol. The van der Waals surface area contributed by atoms with Crippen LogP contribution in [0, 0.1) is 0 Å². The quantitative estimate of drug-likeness (QED) is 0.181. The molecule has 0 spiro atoms. The second kappa shape index (κ2) is 8.51. The van der Waals surface area contributed by atoms with Gasteiger partial charge in [0, 0.05) is 6.08 Å². The molecule has 0 N–H and O–H groups in total. The number of carbonyl (C=O) groups excluding carboxylic acids is 1. The van der Waals surface area contributed by atoms with Crippen molar-refractivity contribution in [3.63, 3.8) is 0 Å². The van der Waals surface area contributed by atoms with Crippen LogP contribution in [0.15, 0.2) is 11.1 Å². The van der Waals surface area contributed by atoms with Gasteiger partial charge in [-0.25, -0.2) is 4.79 Å². The molecule has 0 amide bonds. The van der Waals surface area contributed by atoms with Crippen molar-refractivity contribution < 1.29 is 84.2 Å². The van der Waals surface area contributed by atoms with Crippen molar-refractivity contribution in [3.05, 3.63) is 11.1 Å². The van der Waals surface area contributed by atoms with E-state index in [1.807, 2.05) is 0 Å². The van der Waals surface area contributed by atoms with Crippen LogP contribution in [0.5, 0.6) is 0 Å². The highest BCUT2D eigenvalue weighted by Crippen LogP contribution is 2.64. The SMILES string of the molecule is CCOC(=O)/C(Cl)=C\C(F)(F)C(F)(F)C(F)(F)C(F)(F)C(F)(F)C(F)(F)C(F)(F)C(F)(F)F. The molecule has 2 nitrogen and oxygen atoms in total. The third-order valence-corrected chi connectivity index (χ3v) is 3.79. The summed E-state index contributed by atoms with van der Waals surface area (Å²) >= 11 is 4.69. The molecule has 0 aromatic rings. The fourth-order valence-electron chi connectivity index (χ4n) is 1.68. The molecule has 0 atom stereocenters. The molecule has 0 aromatic carbocycles. The van der Waals surface area contributed by atoms with Gasteiger partial charge >= 0.3 is 53.6 Å². The minimum atomic E-state index is -8.73. The van der Waals surface area contributed by atoms with Gasteiger partial charge in [-0.1, -0.05) is 11.6 Å². The van der Waals surface area contributed by atoms with Crippen molar-refractivity contribution >= 4 is 17.6 Å². The Morgan fingerprint density at radius 3 is 1.24 bits per heavy atom. The maximum Gasteiger partial charge on any atom is 0.460 e. The molecule has 0 aliphatic rings. The number of esters is 1. The molecule has 0 bridgehead atoms. The van der Waals surface area contributed by atoms with E-state index in [0.717, 1.165) is 6.92 Å². The van der Waals surface area contributed by atoms with E-state index >= 15 is 0 Å². The van der Waals surface area contributed by atoms with Crippen LogP contribution in [0.25, 0.3) is 0 Å². The standard InChI is InChI=1S/C13H6ClF17O2/c1-2-33-5(32)4(14)3-6(15,16)7(17,18)8(19,20)9(21,22)10(23,24)11(25,26)12(27,28)13(29,30)31/h3H,2H2,1H3/b4-3+. The topological polar surface area (TPSA) is 26.3 Å². The summed E-state index contributed by atoms with van der Waals surface area (Å²) in [5.74, 6) is -59.8. The van der Waals surface area contributed by atoms with Crippen molar-refractivity contribution in [3.8, 4) is 0 Å². The van der Waals surface area contributed by atoms with E-state index in [0.29, 0.717) is 0 Å². The van der Waals surface area contributed by atoms with E-state index in [1.165, 1.54) is 0 Å². The van der Waals surface area contributed by atoms with Crippen LogP contribution in [0.2, 0.25) is 0 Å². The predicted molar refractivity (Wildman–Crippen MR) is 71.3 cm³/mol. The van der Waals surface area contributed by atoms with Crippen LogP contribution < -0.4 is 0 Å². The second-order valence-corrected chi connectivity index (χ2v) is 6.19. The van der Waals surface area contributed by atoms with E-state index in [4.69, 9.17) is 0 Å². The number of halogens is 18. The van der Waals surface area contributed by atoms with Gasteiger partial charge in [-0.2, -0.15) is 74.6 Å². The highest BCUT2D eigenvalue weighted by atomic mass is 35.5. The summed E-state index contributed by atoms with van der Waals surface area (Å²) in [4.78, 5) is 10.9. The Kier molecular flexibility index (Phi) is 8.08. The zero-order valence-corrected chi connectivity index (χ0v) is 15.7. The Hall–Kier alpha value is -1.69. The number of hydrogen-bond acceptors (Lipinski definition) is 2. The van der Waals surface area contributed by atoms with Crippen molar-refractivity contribution in [1.29, 1.82) is 0 Å². The Morgan fingerprint density at radius 2 is 0.939 bits per heavy atom. The van der Waals surface area contributed by atoms with Gasteiger partial charge in [0.05, 0.1) is 6.61 Å². The Bertz CT molecular complexity index is 767. The first-order valence-electron chi connectivity index (χ1n) is 7.38. The first kappa shape index (κ1) is 31.3. The van der Waals surface area contributed by atoms with Gasteiger partial charge in [-0.05, 0) is 6.92 Å². The molecule has 0 radical (unpaired) electrons. The first-order chi connectivity index (χ1) is 14.1. The summed E-state index contributed by atoms with van der Waals surface area (Å²) in [7, 11) is 0. The van der Waals surface area contributed by atoms with Crippen molar-refractivity contribution in [2.24, 2.45) is 0 Å². The molecule has 0 aliphatic heterocycles. The van der Waals surface area contributed by atoms with Gasteiger partial charge < -0.3 is 4.74 Å². The van der Waals surface area contributed by atoms with Crippen LogP contribution in [-0.2, 0) is 9.53 Å². The molecule has 0 saturated carbocycles. The molecule has 0 aliphatic carbocycles. The lowest BCUT2D eigenvalue weighted by molar-refractivity contribution is -0.459. The van der Waals surface area contributed by atoms with Crippen LogP contribution in [0.3, 0.4) is 0 Å². The van der Waals surface area contributed by atoms with Gasteiger partial charge in [-0.3, -0.25) is 0 Å². The van der Waals surface area contributed by atoms with Crippen LogP contribution in [0.1, 0.15) is 6.92 Å². The van der Waals surface area contributed by atoms with E-state index in [1.54, 1.807) is 0 Å². The van der Waals surface area contributed by atoms with Gasteiger partial charge in [0.25, 0.3) is 0 Å². The van der Waals surface area contributed by atoms with Gasteiger partial charge in [0.15, 0.2) is 0 Å².